The van der Waals surface area contributed by atoms with Crippen LogP contribution in [0.25, 0.3) is 21.8 Å². The highest BCUT2D eigenvalue weighted by Crippen LogP contribution is 2.40. The maximum atomic E-state index is 2.78. The van der Waals surface area contributed by atoms with Crippen LogP contribution in [0.4, 0.5) is 0 Å². The fourth-order valence-corrected chi connectivity index (χ4v) is 10.8. The molecule has 0 amide bonds. The molecule has 0 aliphatic heterocycles. The summed E-state index contributed by atoms with van der Waals surface area (Å²) in [6.07, 6.45) is 43.8. The number of hydrogen-bond acceptors (Lipinski definition) is 0. The molecule has 1 heteroatoms. The standard InChI is InChI=1S/C55H95N/c1-8-12-13-14-15-23-26-35-45-55(7,56-53-43-33-31-41-51(53)52-42-32-34-44-54(52)56)46-36-27-30-40-50(11-4)48(6)49(10-3)39-29-25-22-20-18-16-17-19-21-24-28-38-47(5)37-9-2/h31-34,41-44,47-50H,8-30,35-40,45-46H2,1-7H3/t47?,48?,49-,50?,55?/m0/s1. The Balaban J connectivity index is 1.40. The van der Waals surface area contributed by atoms with Crippen molar-refractivity contribution >= 4 is 21.8 Å². The lowest BCUT2D eigenvalue weighted by atomic mass is 9.75. The van der Waals surface area contributed by atoms with E-state index in [1.54, 1.807) is 0 Å². The van der Waals surface area contributed by atoms with Crippen LogP contribution in [0.15, 0.2) is 48.5 Å². The van der Waals surface area contributed by atoms with E-state index < -0.39 is 0 Å². The van der Waals surface area contributed by atoms with Gasteiger partial charge in [-0.3, -0.25) is 0 Å². The Morgan fingerprint density at radius 2 is 0.804 bits per heavy atom. The molecule has 0 radical (unpaired) electrons. The summed E-state index contributed by atoms with van der Waals surface area (Å²) in [5.74, 6) is 3.61. The molecule has 1 aromatic heterocycles. The van der Waals surface area contributed by atoms with Crippen molar-refractivity contribution < 1.29 is 0 Å². The summed E-state index contributed by atoms with van der Waals surface area (Å²) < 4.78 is 2.78. The molecule has 0 spiro atoms. The van der Waals surface area contributed by atoms with Crippen molar-refractivity contribution in [2.45, 2.75) is 253 Å². The predicted octanol–water partition coefficient (Wildman–Crippen LogP) is 19.2. The molecule has 4 unspecified atom stereocenters. The smallest absolute Gasteiger partial charge is 0.0496 e. The number of rotatable bonds is 36. The van der Waals surface area contributed by atoms with Gasteiger partial charge in [-0.2, -0.15) is 0 Å². The average molecular weight is 770 g/mol. The van der Waals surface area contributed by atoms with Crippen molar-refractivity contribution in [1.82, 2.24) is 4.57 Å². The second-order valence-electron chi connectivity index (χ2n) is 19.2. The molecule has 0 aliphatic rings. The summed E-state index contributed by atoms with van der Waals surface area (Å²) in [6.45, 7) is 17.3. The van der Waals surface area contributed by atoms with Crippen molar-refractivity contribution in [2.75, 3.05) is 0 Å². The minimum Gasteiger partial charge on any atom is -0.335 e. The van der Waals surface area contributed by atoms with Gasteiger partial charge in [-0.05, 0) is 55.6 Å². The first-order valence-corrected chi connectivity index (χ1v) is 25.4. The summed E-state index contributed by atoms with van der Waals surface area (Å²) in [7, 11) is 0. The number of aromatic nitrogens is 1. The van der Waals surface area contributed by atoms with Gasteiger partial charge in [0.05, 0.1) is 0 Å². The van der Waals surface area contributed by atoms with Gasteiger partial charge in [0.1, 0.15) is 0 Å². The number of hydrogen-bond donors (Lipinski definition) is 0. The lowest BCUT2D eigenvalue weighted by Gasteiger charge is -2.34. The number of nitrogens with zero attached hydrogens (tertiary/aromatic N) is 1. The number of fused-ring (bicyclic) bond motifs is 3. The minimum absolute atomic E-state index is 0.155. The number of para-hydroxylation sites is 2. The van der Waals surface area contributed by atoms with Gasteiger partial charge in [-0.25, -0.2) is 0 Å². The zero-order chi connectivity index (χ0) is 40.3. The summed E-state index contributed by atoms with van der Waals surface area (Å²) in [6, 6.07) is 18.4. The lowest BCUT2D eigenvalue weighted by Crippen LogP contribution is -2.30. The fraction of sp³-hybridized carbons (Fsp3) is 0.782. The molecule has 3 rings (SSSR count). The van der Waals surface area contributed by atoms with Crippen LogP contribution in [0.1, 0.15) is 248 Å². The molecule has 2 aromatic carbocycles. The van der Waals surface area contributed by atoms with Crippen LogP contribution in [0.5, 0.6) is 0 Å². The van der Waals surface area contributed by atoms with E-state index >= 15 is 0 Å². The Morgan fingerprint density at radius 3 is 1.23 bits per heavy atom. The largest absolute Gasteiger partial charge is 0.335 e. The molecule has 0 saturated carbocycles. The van der Waals surface area contributed by atoms with E-state index in [1.807, 2.05) is 0 Å². The Hall–Kier alpha value is -1.76. The highest BCUT2D eigenvalue weighted by Gasteiger charge is 2.29. The zero-order valence-electron chi connectivity index (χ0n) is 38.8. The quantitative estimate of drug-likeness (QED) is 0.0519. The molecule has 56 heavy (non-hydrogen) atoms. The van der Waals surface area contributed by atoms with Gasteiger partial charge in [0, 0.05) is 27.3 Å². The van der Waals surface area contributed by atoms with Crippen molar-refractivity contribution in [3.05, 3.63) is 48.5 Å². The lowest BCUT2D eigenvalue weighted by molar-refractivity contribution is 0.202. The average Bonchev–Trinajstić information content (AvgIpc) is 3.55. The third-order valence-corrected chi connectivity index (χ3v) is 14.6. The first-order valence-electron chi connectivity index (χ1n) is 25.4. The maximum absolute atomic E-state index is 2.78. The summed E-state index contributed by atoms with van der Waals surface area (Å²) in [4.78, 5) is 0. The van der Waals surface area contributed by atoms with Crippen LogP contribution in [0, 0.1) is 23.7 Å². The maximum Gasteiger partial charge on any atom is 0.0496 e. The Labute approximate surface area is 350 Å². The van der Waals surface area contributed by atoms with Crippen molar-refractivity contribution in [2.24, 2.45) is 23.7 Å². The highest BCUT2D eigenvalue weighted by molar-refractivity contribution is 6.08. The predicted molar refractivity (Wildman–Crippen MR) is 254 cm³/mol. The molecule has 0 bridgehead atoms. The Kier molecular flexibility index (Phi) is 25.6. The minimum atomic E-state index is 0.155. The van der Waals surface area contributed by atoms with Gasteiger partial charge in [-0.15, -0.1) is 0 Å². The monoisotopic (exact) mass is 770 g/mol. The van der Waals surface area contributed by atoms with Gasteiger partial charge in [0.2, 0.25) is 0 Å². The highest BCUT2D eigenvalue weighted by atomic mass is 15.1. The van der Waals surface area contributed by atoms with E-state index in [1.165, 1.54) is 221 Å². The molecule has 0 N–H and O–H groups in total. The van der Waals surface area contributed by atoms with Crippen LogP contribution < -0.4 is 0 Å². The van der Waals surface area contributed by atoms with Crippen molar-refractivity contribution in [3.8, 4) is 0 Å². The van der Waals surface area contributed by atoms with E-state index in [9.17, 15) is 0 Å². The third-order valence-electron chi connectivity index (χ3n) is 14.6. The van der Waals surface area contributed by atoms with Crippen LogP contribution in [-0.4, -0.2) is 4.57 Å². The van der Waals surface area contributed by atoms with Crippen LogP contribution >= 0.6 is 0 Å². The first kappa shape index (κ1) is 48.6. The Bertz CT molecular complexity index is 1310. The fourth-order valence-electron chi connectivity index (χ4n) is 10.8. The van der Waals surface area contributed by atoms with Gasteiger partial charge >= 0.3 is 0 Å². The van der Waals surface area contributed by atoms with E-state index in [4.69, 9.17) is 0 Å². The zero-order valence-corrected chi connectivity index (χ0v) is 38.8. The topological polar surface area (TPSA) is 4.93 Å². The molecule has 1 heterocycles. The number of benzene rings is 2. The molecule has 3 aromatic rings. The normalized spacial score (nSPS) is 15.3. The van der Waals surface area contributed by atoms with Gasteiger partial charge in [-0.1, -0.05) is 264 Å². The van der Waals surface area contributed by atoms with E-state index in [0.29, 0.717) is 0 Å². The van der Waals surface area contributed by atoms with Gasteiger partial charge in [0.25, 0.3) is 0 Å². The van der Waals surface area contributed by atoms with Crippen molar-refractivity contribution in [1.29, 1.82) is 0 Å². The molecule has 0 saturated heterocycles. The SMILES string of the molecule is CCCCCCCCCCC(C)(CCCCCC(CC)C(C)[C@@H](CC)CCCCCCCCCCCCCC(C)CCC)n1c2ccccc2c2ccccc21. The van der Waals surface area contributed by atoms with Gasteiger partial charge < -0.3 is 4.57 Å². The molecule has 0 aliphatic carbocycles. The summed E-state index contributed by atoms with van der Waals surface area (Å²) in [5.41, 5.74) is 3.03. The molecule has 0 fully saturated rings. The van der Waals surface area contributed by atoms with E-state index in [-0.39, 0.29) is 5.54 Å². The third kappa shape index (κ3) is 17.2. The van der Waals surface area contributed by atoms with E-state index in [0.717, 1.165) is 23.7 Å². The first-order chi connectivity index (χ1) is 27.4. The molecule has 5 atom stereocenters. The van der Waals surface area contributed by atoms with Crippen molar-refractivity contribution in [3.63, 3.8) is 0 Å². The molecule has 320 valence electrons. The molecular weight excluding hydrogens is 675 g/mol. The molecule has 1 nitrogen and oxygen atoms in total. The summed E-state index contributed by atoms with van der Waals surface area (Å²) in [5, 5.41) is 2.85. The van der Waals surface area contributed by atoms with Crippen LogP contribution in [0.2, 0.25) is 0 Å². The second-order valence-corrected chi connectivity index (χ2v) is 19.2. The Morgan fingerprint density at radius 1 is 0.429 bits per heavy atom. The summed E-state index contributed by atoms with van der Waals surface area (Å²) >= 11 is 0. The van der Waals surface area contributed by atoms with Crippen LogP contribution in [0.3, 0.4) is 0 Å². The second kappa shape index (κ2) is 29.4. The van der Waals surface area contributed by atoms with E-state index in [2.05, 4.69) is 102 Å². The van der Waals surface area contributed by atoms with Crippen LogP contribution in [-0.2, 0) is 5.54 Å². The molecular formula is C55H95N. The van der Waals surface area contributed by atoms with Gasteiger partial charge in [0.15, 0.2) is 0 Å². The number of unbranched alkanes of at least 4 members (excludes halogenated alkanes) is 19.